The first-order valence-corrected chi connectivity index (χ1v) is 11.2. The van der Waals surface area contributed by atoms with Crippen molar-refractivity contribution in [3.63, 3.8) is 0 Å². The first kappa shape index (κ1) is 20.6. The van der Waals surface area contributed by atoms with Crippen molar-refractivity contribution in [2.45, 2.75) is 0 Å². The third-order valence-corrected chi connectivity index (χ3v) is 5.84. The van der Waals surface area contributed by atoms with E-state index in [0.29, 0.717) is 11.4 Å². The van der Waals surface area contributed by atoms with Crippen LogP contribution in [-0.2, 0) is 4.79 Å². The molecular weight excluding hydrogens is 434 g/mol. The third-order valence-electron chi connectivity index (χ3n) is 5.84. The van der Waals surface area contributed by atoms with Gasteiger partial charge in [-0.1, -0.05) is 36.9 Å². The van der Waals surface area contributed by atoms with Crippen molar-refractivity contribution in [3.8, 4) is 0 Å². The van der Waals surface area contributed by atoms with Gasteiger partial charge < -0.3 is 15.3 Å². The van der Waals surface area contributed by atoms with Crippen LogP contribution in [-0.4, -0.2) is 27.3 Å². The van der Waals surface area contributed by atoms with E-state index >= 15 is 0 Å². The van der Waals surface area contributed by atoms with E-state index in [2.05, 4.69) is 26.9 Å². The topological polar surface area (TPSA) is 85.4 Å². The summed E-state index contributed by atoms with van der Waals surface area (Å²) < 4.78 is 0. The van der Waals surface area contributed by atoms with Gasteiger partial charge in [-0.25, -0.2) is 9.98 Å². The molecule has 6 heteroatoms. The molecule has 3 N–H and O–H groups in total. The summed E-state index contributed by atoms with van der Waals surface area (Å²) in [6.07, 6.45) is 13.2. The number of nitrogens with zero attached hydrogens (tertiary/aromatic N) is 2. The Labute approximate surface area is 201 Å². The first-order chi connectivity index (χ1) is 17.1. The fraction of sp³-hybridized carbons (Fsp3) is 0. The summed E-state index contributed by atoms with van der Waals surface area (Å²) in [6, 6.07) is 18.0. The van der Waals surface area contributed by atoms with Gasteiger partial charge in [0.1, 0.15) is 5.71 Å². The molecule has 3 aromatic rings. The number of carbonyl (C=O) groups is 1. The summed E-state index contributed by atoms with van der Waals surface area (Å²) in [4.78, 5) is 28.4. The summed E-state index contributed by atoms with van der Waals surface area (Å²) in [7, 11) is 0. The largest absolute Gasteiger partial charge is 0.355 e. The van der Waals surface area contributed by atoms with E-state index in [4.69, 9.17) is 4.99 Å². The SMILES string of the molecule is C=CC(=O)N=C1C2=Cc3ccc([nH]3)C=c3ccc([nH]3)=CC3=NC(=CC(=C1c1ccccc1)N2)C=C3. The van der Waals surface area contributed by atoms with E-state index < -0.39 is 5.91 Å². The molecule has 2 aromatic heterocycles. The minimum Gasteiger partial charge on any atom is -0.355 e. The van der Waals surface area contributed by atoms with E-state index in [1.807, 2.05) is 91.1 Å². The molecule has 0 fully saturated rings. The van der Waals surface area contributed by atoms with Crippen LogP contribution in [0.2, 0.25) is 0 Å². The standard InChI is InChI=1S/C29H21N5O/c1-2-27(35)34-29-26-17-24-13-11-22(32-24)15-20-9-8-19(30-20)14-21-10-12-23(31-21)16-25(33-26)28(29)18-6-4-3-5-7-18/h2-17,30,32-33H,1H2. The van der Waals surface area contributed by atoms with Crippen LogP contribution >= 0.6 is 0 Å². The minimum absolute atomic E-state index is 0.403. The third kappa shape index (κ3) is 4.09. The average Bonchev–Trinajstić information content (AvgIpc) is 3.65. The molecule has 0 aliphatic carbocycles. The number of allylic oxidation sites excluding steroid dienone is 4. The highest BCUT2D eigenvalue weighted by molar-refractivity contribution is 6.38. The van der Waals surface area contributed by atoms with Crippen LogP contribution < -0.4 is 16.0 Å². The van der Waals surface area contributed by atoms with Crippen molar-refractivity contribution in [1.29, 1.82) is 0 Å². The molecule has 6 nitrogen and oxygen atoms in total. The highest BCUT2D eigenvalue weighted by Gasteiger charge is 2.27. The van der Waals surface area contributed by atoms with E-state index in [-0.39, 0.29) is 0 Å². The summed E-state index contributed by atoms with van der Waals surface area (Å²) in [6.45, 7) is 3.60. The number of aliphatic imine (C=N–C) groups is 2. The van der Waals surface area contributed by atoms with Gasteiger partial charge in [0.25, 0.3) is 5.91 Å². The maximum Gasteiger partial charge on any atom is 0.269 e. The Morgan fingerprint density at radius 3 is 2.43 bits per heavy atom. The lowest BCUT2D eigenvalue weighted by atomic mass is 9.99. The highest BCUT2D eigenvalue weighted by atomic mass is 16.1. The van der Waals surface area contributed by atoms with Crippen molar-refractivity contribution in [3.05, 3.63) is 130 Å². The molecule has 168 valence electrons. The zero-order chi connectivity index (χ0) is 23.8. The maximum atomic E-state index is 12.4. The zero-order valence-corrected chi connectivity index (χ0v) is 18.7. The summed E-state index contributed by atoms with van der Waals surface area (Å²) in [5, 5.41) is 5.44. The Morgan fingerprint density at radius 2 is 1.63 bits per heavy atom. The van der Waals surface area contributed by atoms with Crippen LogP contribution in [0, 0.1) is 0 Å². The molecule has 3 aliphatic heterocycles. The van der Waals surface area contributed by atoms with Crippen molar-refractivity contribution < 1.29 is 4.79 Å². The van der Waals surface area contributed by atoms with Gasteiger partial charge in [0.2, 0.25) is 0 Å². The van der Waals surface area contributed by atoms with E-state index in [1.165, 1.54) is 6.08 Å². The predicted octanol–water partition coefficient (Wildman–Crippen LogP) is 3.37. The van der Waals surface area contributed by atoms with E-state index in [1.54, 1.807) is 0 Å². The van der Waals surface area contributed by atoms with Crippen LogP contribution in [0.4, 0.5) is 0 Å². The second-order valence-corrected chi connectivity index (χ2v) is 8.31. The number of carbonyl (C=O) groups excluding carboxylic acids is 1. The average molecular weight is 456 g/mol. The van der Waals surface area contributed by atoms with Gasteiger partial charge in [-0.05, 0) is 72.4 Å². The number of aromatic amines is 2. The van der Waals surface area contributed by atoms with Gasteiger partial charge in [0.15, 0.2) is 0 Å². The Balaban J connectivity index is 1.62. The molecule has 5 heterocycles. The summed E-state index contributed by atoms with van der Waals surface area (Å²) in [5.74, 6) is -0.403. The van der Waals surface area contributed by atoms with Crippen LogP contribution in [0.25, 0.3) is 23.8 Å². The maximum absolute atomic E-state index is 12.4. The number of H-pyrrole nitrogens is 2. The molecule has 0 unspecified atom stereocenters. The lowest BCUT2D eigenvalue weighted by Crippen LogP contribution is -2.11. The zero-order valence-electron chi connectivity index (χ0n) is 18.7. The van der Waals surface area contributed by atoms with Gasteiger partial charge in [-0.2, -0.15) is 0 Å². The Bertz CT molecular complexity index is 1680. The molecule has 35 heavy (non-hydrogen) atoms. The lowest BCUT2D eigenvalue weighted by Gasteiger charge is -2.05. The Kier molecular flexibility index (Phi) is 4.96. The van der Waals surface area contributed by atoms with Crippen LogP contribution in [0.1, 0.15) is 17.0 Å². The van der Waals surface area contributed by atoms with Crippen LogP contribution in [0.3, 0.4) is 0 Å². The highest BCUT2D eigenvalue weighted by Crippen LogP contribution is 2.32. The second kappa shape index (κ2) is 8.43. The number of fused-ring (bicyclic) bond motifs is 7. The predicted molar refractivity (Wildman–Crippen MR) is 141 cm³/mol. The molecule has 6 rings (SSSR count). The van der Waals surface area contributed by atoms with E-state index in [0.717, 1.165) is 50.3 Å². The van der Waals surface area contributed by atoms with Gasteiger partial charge in [-0.3, -0.25) is 4.79 Å². The van der Waals surface area contributed by atoms with Crippen molar-refractivity contribution >= 4 is 41.1 Å². The fourth-order valence-electron chi connectivity index (χ4n) is 4.29. The molecule has 0 radical (unpaired) electrons. The number of rotatable bonds is 2. The Morgan fingerprint density at radius 1 is 0.857 bits per heavy atom. The number of hydrogen-bond donors (Lipinski definition) is 3. The quantitative estimate of drug-likeness (QED) is 0.518. The Hall–Kier alpha value is -4.97. The fourth-order valence-corrected chi connectivity index (χ4v) is 4.29. The van der Waals surface area contributed by atoms with Gasteiger partial charge in [0, 0.05) is 27.7 Å². The smallest absolute Gasteiger partial charge is 0.269 e. The molecule has 0 spiro atoms. The monoisotopic (exact) mass is 455 g/mol. The number of benzene rings is 1. The molecule has 3 aliphatic rings. The first-order valence-electron chi connectivity index (χ1n) is 11.2. The lowest BCUT2D eigenvalue weighted by molar-refractivity contribution is -0.113. The second-order valence-electron chi connectivity index (χ2n) is 8.31. The van der Waals surface area contributed by atoms with E-state index in [9.17, 15) is 4.79 Å². The van der Waals surface area contributed by atoms with Crippen molar-refractivity contribution in [1.82, 2.24) is 15.3 Å². The summed E-state index contributed by atoms with van der Waals surface area (Å²) in [5.41, 5.74) is 7.35. The van der Waals surface area contributed by atoms with Crippen LogP contribution in [0.5, 0.6) is 0 Å². The van der Waals surface area contributed by atoms with Crippen molar-refractivity contribution in [2.75, 3.05) is 0 Å². The molecule has 0 saturated heterocycles. The number of aromatic nitrogens is 2. The number of hydrogen-bond acceptors (Lipinski definition) is 3. The van der Waals surface area contributed by atoms with Gasteiger partial charge in [0.05, 0.1) is 22.8 Å². The minimum atomic E-state index is -0.403. The van der Waals surface area contributed by atoms with Gasteiger partial charge in [-0.15, -0.1) is 0 Å². The molecule has 1 aromatic carbocycles. The number of amides is 1. The molecule has 1 amide bonds. The van der Waals surface area contributed by atoms with Gasteiger partial charge >= 0.3 is 0 Å². The van der Waals surface area contributed by atoms with Crippen molar-refractivity contribution in [2.24, 2.45) is 9.98 Å². The molecule has 0 saturated carbocycles. The molecule has 0 atom stereocenters. The number of nitrogens with one attached hydrogen (secondary N) is 3. The summed E-state index contributed by atoms with van der Waals surface area (Å²) >= 11 is 0. The normalized spacial score (nSPS) is 17.3. The molecular formula is C29H21N5O. The molecule has 8 bridgehead atoms. The van der Waals surface area contributed by atoms with Crippen LogP contribution in [0.15, 0.2) is 113 Å².